The van der Waals surface area contributed by atoms with Gasteiger partial charge in [0.1, 0.15) is 18.1 Å². The lowest BCUT2D eigenvalue weighted by molar-refractivity contribution is 0.594. The highest BCUT2D eigenvalue weighted by atomic mass is 15.2. The van der Waals surface area contributed by atoms with Gasteiger partial charge in [-0.25, -0.2) is 9.98 Å². The molecule has 12 rings (SSSR count). The topological polar surface area (TPSA) is 68.7 Å². The van der Waals surface area contributed by atoms with Gasteiger partial charge in [0.15, 0.2) is 5.84 Å². The van der Waals surface area contributed by atoms with Crippen molar-refractivity contribution < 1.29 is 0 Å². The Bertz CT molecular complexity index is 3590. The van der Waals surface area contributed by atoms with Crippen molar-refractivity contribution in [2.24, 2.45) is 21.8 Å². The van der Waals surface area contributed by atoms with Crippen LogP contribution in [0.15, 0.2) is 165 Å². The van der Waals surface area contributed by atoms with Crippen molar-refractivity contribution >= 4 is 39.2 Å². The predicted octanol–water partition coefficient (Wildman–Crippen LogP) is 14.6. The second-order valence-corrected chi connectivity index (χ2v) is 21.1. The van der Waals surface area contributed by atoms with Gasteiger partial charge in [0.05, 0.1) is 34.0 Å². The van der Waals surface area contributed by atoms with Crippen LogP contribution in [0.25, 0.3) is 38.6 Å². The summed E-state index contributed by atoms with van der Waals surface area (Å²) in [6, 6.07) is 42.5. The molecule has 0 amide bonds. The van der Waals surface area contributed by atoms with Crippen molar-refractivity contribution in [3.05, 3.63) is 211 Å². The third kappa shape index (κ3) is 6.50. The van der Waals surface area contributed by atoms with Crippen molar-refractivity contribution in [1.82, 2.24) is 9.88 Å². The van der Waals surface area contributed by atoms with Gasteiger partial charge in [-0.05, 0) is 141 Å². The minimum Gasteiger partial charge on any atom is -0.344 e. The average Bonchev–Trinajstić information content (AvgIpc) is 3.92. The molecule has 69 heavy (non-hydrogen) atoms. The summed E-state index contributed by atoms with van der Waals surface area (Å²) >= 11 is 0. The lowest BCUT2D eigenvalue weighted by Gasteiger charge is -2.36. The van der Waals surface area contributed by atoms with Crippen LogP contribution in [0.5, 0.6) is 0 Å². The van der Waals surface area contributed by atoms with Crippen molar-refractivity contribution in [2.45, 2.75) is 93.3 Å². The van der Waals surface area contributed by atoms with Crippen LogP contribution in [0, 0.1) is 50.9 Å². The molecule has 6 heteroatoms. The Morgan fingerprint density at radius 3 is 2.10 bits per heavy atom. The van der Waals surface area contributed by atoms with Crippen LogP contribution < -0.4 is 10.2 Å². The summed E-state index contributed by atoms with van der Waals surface area (Å²) in [4.78, 5) is 13.5. The second-order valence-electron chi connectivity index (χ2n) is 21.1. The first-order valence-electron chi connectivity index (χ1n) is 24.6. The first-order valence-corrected chi connectivity index (χ1v) is 24.6. The molecular weight excluding hydrogens is 841 g/mol. The summed E-state index contributed by atoms with van der Waals surface area (Å²) in [5.41, 5.74) is 24.1. The highest BCUT2D eigenvalue weighted by molar-refractivity contribution is 6.14. The molecule has 1 aromatic heterocycles. The predicted molar refractivity (Wildman–Crippen MR) is 286 cm³/mol. The van der Waals surface area contributed by atoms with Crippen molar-refractivity contribution in [3.8, 4) is 22.9 Å². The highest BCUT2D eigenvalue weighted by Crippen LogP contribution is 2.53. The summed E-state index contributed by atoms with van der Waals surface area (Å²) in [7, 11) is 0. The Balaban J connectivity index is 1.15. The Kier molecular flexibility index (Phi) is 9.63. The third-order valence-corrected chi connectivity index (χ3v) is 15.7. The molecule has 3 heterocycles. The van der Waals surface area contributed by atoms with Gasteiger partial charge in [0, 0.05) is 44.5 Å². The van der Waals surface area contributed by atoms with E-state index in [1.54, 1.807) is 0 Å². The lowest BCUT2D eigenvalue weighted by Crippen LogP contribution is -2.37. The second kappa shape index (κ2) is 15.5. The first-order chi connectivity index (χ1) is 33.2. The van der Waals surface area contributed by atoms with E-state index in [0.29, 0.717) is 17.3 Å². The Morgan fingerprint density at radius 1 is 0.710 bits per heavy atom. The van der Waals surface area contributed by atoms with Crippen molar-refractivity contribution in [1.29, 1.82) is 5.26 Å². The van der Waals surface area contributed by atoms with Crippen molar-refractivity contribution in [2.75, 3.05) is 4.90 Å². The molecule has 340 valence electrons. The summed E-state index contributed by atoms with van der Waals surface area (Å²) in [5, 5.41) is 17.9. The smallest absolute Gasteiger partial charge is 0.159 e. The van der Waals surface area contributed by atoms with E-state index < -0.39 is 6.17 Å². The monoisotopic (exact) mass is 898 g/mol. The van der Waals surface area contributed by atoms with Crippen molar-refractivity contribution in [3.63, 3.8) is 0 Å². The third-order valence-electron chi connectivity index (χ3n) is 15.7. The van der Waals surface area contributed by atoms with E-state index in [4.69, 9.17) is 9.98 Å². The number of anilines is 1. The van der Waals surface area contributed by atoms with Crippen LogP contribution in [0.1, 0.15) is 110 Å². The zero-order chi connectivity index (χ0) is 47.8. The first kappa shape index (κ1) is 42.8. The van der Waals surface area contributed by atoms with E-state index >= 15 is 0 Å². The number of amidine groups is 2. The van der Waals surface area contributed by atoms with Crippen LogP contribution >= 0.6 is 0 Å². The van der Waals surface area contributed by atoms with E-state index in [1.807, 2.05) is 6.07 Å². The van der Waals surface area contributed by atoms with Gasteiger partial charge in [-0.2, -0.15) is 5.26 Å². The molecular formula is C63H58N6. The van der Waals surface area contributed by atoms with E-state index in [1.165, 1.54) is 83.3 Å². The molecule has 0 fully saturated rings. The summed E-state index contributed by atoms with van der Waals surface area (Å²) in [6.45, 7) is 22.6. The number of nitrogens with one attached hydrogen (secondary N) is 1. The van der Waals surface area contributed by atoms with Gasteiger partial charge in [-0.3, -0.25) is 0 Å². The zero-order valence-corrected chi connectivity index (χ0v) is 41.4. The molecule has 5 aliphatic rings. The average molecular weight is 899 g/mol. The summed E-state index contributed by atoms with van der Waals surface area (Å²) < 4.78 is 2.50. The zero-order valence-electron chi connectivity index (χ0n) is 41.4. The number of nitrogens with zero attached hydrogens (tertiary/aromatic N) is 5. The highest BCUT2D eigenvalue weighted by Gasteiger charge is 2.45. The van der Waals surface area contributed by atoms with Crippen LogP contribution in [0.2, 0.25) is 0 Å². The standard InChI is InChI=1S/C63H58N6/c1-34-22-38(5)56-47(26-34)48-27-35(2)23-39(6)57(48)68(56)54-32-55(69-58-40(7)24-36(3)28-49(58)50-29-37(4)25-41(8)59(50)69)51(30-44(54)33-64)62-66-60(42-16-12-11-13-17-42)65-61(67-62)43-20-21-46-45-18-14-15-19-52(45)63(9,10)53(46)31-43/h11-26,28-32,35,47,56,62H,27H2,1-10H3,(H,65,66,67). The number of benzene rings is 6. The van der Waals surface area contributed by atoms with Crippen LogP contribution in [0.3, 0.4) is 0 Å². The number of aliphatic imine (C=N–C) groups is 2. The van der Waals surface area contributed by atoms with Crippen LogP contribution in [-0.4, -0.2) is 22.3 Å². The normalized spacial score (nSPS) is 21.1. The maximum atomic E-state index is 11.6. The van der Waals surface area contributed by atoms with E-state index in [-0.39, 0.29) is 17.4 Å². The lowest BCUT2D eigenvalue weighted by atomic mass is 9.79. The molecule has 0 spiro atoms. The Hall–Kier alpha value is -7.49. The van der Waals surface area contributed by atoms with Gasteiger partial charge in [0.25, 0.3) is 0 Å². The van der Waals surface area contributed by atoms with Gasteiger partial charge in [-0.15, -0.1) is 0 Å². The number of nitriles is 1. The number of hydrogen-bond acceptors (Lipinski definition) is 5. The molecule has 4 unspecified atom stereocenters. The number of fused-ring (bicyclic) bond motifs is 8. The molecule has 2 aliphatic heterocycles. The van der Waals surface area contributed by atoms with Gasteiger partial charge in [-0.1, -0.05) is 135 Å². The molecule has 7 aromatic rings. The van der Waals surface area contributed by atoms with E-state index in [2.05, 4.69) is 211 Å². The molecule has 6 nitrogen and oxygen atoms in total. The van der Waals surface area contributed by atoms with Crippen LogP contribution in [-0.2, 0) is 5.41 Å². The Morgan fingerprint density at radius 2 is 1.39 bits per heavy atom. The van der Waals surface area contributed by atoms with Crippen LogP contribution in [0.4, 0.5) is 5.69 Å². The molecule has 3 aliphatic carbocycles. The van der Waals surface area contributed by atoms with Gasteiger partial charge in [0.2, 0.25) is 0 Å². The van der Waals surface area contributed by atoms with Gasteiger partial charge >= 0.3 is 0 Å². The molecule has 0 bridgehead atoms. The number of allylic oxidation sites excluding steroid dienone is 4. The fourth-order valence-corrected chi connectivity index (χ4v) is 13.0. The number of aryl methyl sites for hydroxylation is 4. The van der Waals surface area contributed by atoms with E-state index in [0.717, 1.165) is 51.4 Å². The maximum absolute atomic E-state index is 11.6. The maximum Gasteiger partial charge on any atom is 0.159 e. The van der Waals surface area contributed by atoms with Gasteiger partial charge < -0.3 is 14.8 Å². The number of rotatable bonds is 5. The number of aromatic nitrogens is 1. The fraction of sp³-hybridized carbons (Fsp3) is 0.254. The quantitative estimate of drug-likeness (QED) is 0.187. The summed E-state index contributed by atoms with van der Waals surface area (Å²) in [5.74, 6) is 2.05. The SMILES string of the molecule is CC1=CC2C3=C(C(C)=CC(C)C3)N(c3cc(-n4c5c(C)cc(C)cc5c5cc(C)cc(C)c54)c(C4N=C(c5ccc6c(c5)C(C)(C)c5ccccc5-6)N=C(c5ccccc5)N4)cc3C#N)C2C(C)=C1. The largest absolute Gasteiger partial charge is 0.344 e. The number of hydrogen-bond donors (Lipinski definition) is 1. The molecule has 4 atom stereocenters. The minimum absolute atomic E-state index is 0.0505. The van der Waals surface area contributed by atoms with E-state index in [9.17, 15) is 5.26 Å². The Labute approximate surface area is 406 Å². The molecule has 1 N–H and O–H groups in total. The fourth-order valence-electron chi connectivity index (χ4n) is 13.0. The molecule has 0 radical (unpaired) electrons. The summed E-state index contributed by atoms with van der Waals surface area (Å²) in [6.07, 6.45) is 7.62. The molecule has 6 aromatic carbocycles. The molecule has 0 saturated heterocycles. The molecule has 0 saturated carbocycles. The minimum atomic E-state index is -0.605.